The molecular formula is C19H30N2O3. The Bertz CT molecular complexity index is 562. The highest BCUT2D eigenvalue weighted by Crippen LogP contribution is 2.28. The molecule has 0 aromatic heterocycles. The molecule has 5 heteroatoms. The number of carbonyl (C=O) groups excluding carboxylic acids is 1. The minimum Gasteiger partial charge on any atom is -0.493 e. The lowest BCUT2D eigenvalue weighted by Gasteiger charge is -2.39. The first-order chi connectivity index (χ1) is 11.5. The van der Waals surface area contributed by atoms with Crippen molar-refractivity contribution in [1.29, 1.82) is 0 Å². The first kappa shape index (κ1) is 18.6. The number of methoxy groups -OCH3 is 2. The van der Waals surface area contributed by atoms with Crippen LogP contribution in [-0.4, -0.2) is 62.7 Å². The molecule has 1 saturated heterocycles. The number of hydrogen-bond donors (Lipinski definition) is 0. The third kappa shape index (κ3) is 4.41. The van der Waals surface area contributed by atoms with Gasteiger partial charge < -0.3 is 19.3 Å². The van der Waals surface area contributed by atoms with Gasteiger partial charge in [0.2, 0.25) is 5.91 Å². The number of nitrogens with zero attached hydrogens (tertiary/aromatic N) is 2. The van der Waals surface area contributed by atoms with Gasteiger partial charge in [0.1, 0.15) is 0 Å². The molecule has 2 atom stereocenters. The SMILES string of the molecule is COc1ccc(CCC(=O)N(C)[C@H]2CCN(C)[C@H](C)C2)cc1OC. The molecule has 1 aliphatic rings. The summed E-state index contributed by atoms with van der Waals surface area (Å²) in [6.45, 7) is 3.28. The molecule has 1 amide bonds. The van der Waals surface area contributed by atoms with Gasteiger partial charge >= 0.3 is 0 Å². The fraction of sp³-hybridized carbons (Fsp3) is 0.632. The second kappa shape index (κ2) is 8.38. The van der Waals surface area contributed by atoms with Crippen molar-refractivity contribution in [3.63, 3.8) is 0 Å². The van der Waals surface area contributed by atoms with E-state index < -0.39 is 0 Å². The van der Waals surface area contributed by atoms with Crippen LogP contribution in [0.1, 0.15) is 31.7 Å². The van der Waals surface area contributed by atoms with E-state index in [-0.39, 0.29) is 5.91 Å². The number of rotatable bonds is 6. The Hall–Kier alpha value is -1.75. The Labute approximate surface area is 145 Å². The van der Waals surface area contributed by atoms with Gasteiger partial charge in [0, 0.05) is 32.1 Å². The van der Waals surface area contributed by atoms with Crippen molar-refractivity contribution in [2.24, 2.45) is 0 Å². The van der Waals surface area contributed by atoms with Crippen LogP contribution in [0.4, 0.5) is 0 Å². The number of ether oxygens (including phenoxy) is 2. The van der Waals surface area contributed by atoms with Crippen LogP contribution in [0.3, 0.4) is 0 Å². The van der Waals surface area contributed by atoms with Crippen LogP contribution in [0.5, 0.6) is 11.5 Å². The van der Waals surface area contributed by atoms with Gasteiger partial charge in [0.05, 0.1) is 14.2 Å². The third-order valence-electron chi connectivity index (χ3n) is 5.20. The van der Waals surface area contributed by atoms with Gasteiger partial charge in [0.15, 0.2) is 11.5 Å². The van der Waals surface area contributed by atoms with Gasteiger partial charge in [-0.1, -0.05) is 6.07 Å². The van der Waals surface area contributed by atoms with Crippen molar-refractivity contribution in [2.75, 3.05) is 34.9 Å². The van der Waals surface area contributed by atoms with E-state index >= 15 is 0 Å². The van der Waals surface area contributed by atoms with Crippen LogP contribution < -0.4 is 9.47 Å². The van der Waals surface area contributed by atoms with Crippen molar-refractivity contribution < 1.29 is 14.3 Å². The van der Waals surface area contributed by atoms with E-state index in [1.807, 2.05) is 30.1 Å². The van der Waals surface area contributed by atoms with Gasteiger partial charge in [-0.15, -0.1) is 0 Å². The largest absolute Gasteiger partial charge is 0.493 e. The van der Waals surface area contributed by atoms with Crippen molar-refractivity contribution in [3.8, 4) is 11.5 Å². The number of benzene rings is 1. The molecule has 5 nitrogen and oxygen atoms in total. The number of likely N-dealkylation sites (tertiary alicyclic amines) is 1. The highest BCUT2D eigenvalue weighted by molar-refractivity contribution is 5.76. The highest BCUT2D eigenvalue weighted by Gasteiger charge is 2.27. The van der Waals surface area contributed by atoms with Gasteiger partial charge in [0.25, 0.3) is 0 Å². The predicted molar refractivity (Wildman–Crippen MR) is 95.8 cm³/mol. The predicted octanol–water partition coefficient (Wildman–Crippen LogP) is 2.58. The molecule has 0 unspecified atom stereocenters. The summed E-state index contributed by atoms with van der Waals surface area (Å²) in [6.07, 6.45) is 3.34. The number of hydrogen-bond acceptors (Lipinski definition) is 4. The van der Waals surface area contributed by atoms with Crippen molar-refractivity contribution in [3.05, 3.63) is 23.8 Å². The molecule has 1 aromatic rings. The summed E-state index contributed by atoms with van der Waals surface area (Å²) >= 11 is 0. The molecule has 24 heavy (non-hydrogen) atoms. The maximum atomic E-state index is 12.5. The number of piperidine rings is 1. The van der Waals surface area contributed by atoms with Crippen LogP contribution >= 0.6 is 0 Å². The molecular weight excluding hydrogens is 304 g/mol. The summed E-state index contributed by atoms with van der Waals surface area (Å²) in [6, 6.07) is 6.72. The fourth-order valence-electron chi connectivity index (χ4n) is 3.28. The first-order valence-electron chi connectivity index (χ1n) is 8.63. The van der Waals surface area contributed by atoms with Gasteiger partial charge in [-0.3, -0.25) is 4.79 Å². The summed E-state index contributed by atoms with van der Waals surface area (Å²) < 4.78 is 10.6. The lowest BCUT2D eigenvalue weighted by molar-refractivity contribution is -0.133. The summed E-state index contributed by atoms with van der Waals surface area (Å²) in [4.78, 5) is 16.8. The maximum Gasteiger partial charge on any atom is 0.222 e. The molecule has 1 aromatic carbocycles. The molecule has 0 radical (unpaired) electrons. The molecule has 1 aliphatic heterocycles. The molecule has 2 rings (SSSR count). The average molecular weight is 334 g/mol. The molecule has 1 fully saturated rings. The van der Waals surface area contributed by atoms with Crippen LogP contribution in [0.15, 0.2) is 18.2 Å². The summed E-state index contributed by atoms with van der Waals surface area (Å²) in [7, 11) is 7.35. The second-order valence-electron chi connectivity index (χ2n) is 6.70. The van der Waals surface area contributed by atoms with E-state index in [1.54, 1.807) is 14.2 Å². The van der Waals surface area contributed by atoms with Crippen molar-refractivity contribution >= 4 is 5.91 Å². The monoisotopic (exact) mass is 334 g/mol. The zero-order chi connectivity index (χ0) is 17.7. The zero-order valence-corrected chi connectivity index (χ0v) is 15.5. The quantitative estimate of drug-likeness (QED) is 0.802. The molecule has 0 N–H and O–H groups in total. The second-order valence-corrected chi connectivity index (χ2v) is 6.70. The van der Waals surface area contributed by atoms with E-state index in [1.165, 1.54) is 0 Å². The highest BCUT2D eigenvalue weighted by atomic mass is 16.5. The molecule has 0 saturated carbocycles. The molecule has 1 heterocycles. The molecule has 0 spiro atoms. The Morgan fingerprint density at radius 1 is 1.29 bits per heavy atom. The normalized spacial score (nSPS) is 21.4. The van der Waals surface area contributed by atoms with E-state index in [0.29, 0.717) is 36.4 Å². The van der Waals surface area contributed by atoms with Gasteiger partial charge in [-0.2, -0.15) is 0 Å². The van der Waals surface area contributed by atoms with E-state index in [2.05, 4.69) is 18.9 Å². The van der Waals surface area contributed by atoms with Crippen LogP contribution in [0, 0.1) is 0 Å². The summed E-state index contributed by atoms with van der Waals surface area (Å²) in [5.41, 5.74) is 1.09. The number of aryl methyl sites for hydroxylation is 1. The van der Waals surface area contributed by atoms with Crippen LogP contribution in [0.25, 0.3) is 0 Å². The van der Waals surface area contributed by atoms with Gasteiger partial charge in [-0.25, -0.2) is 0 Å². The topological polar surface area (TPSA) is 42.0 Å². The standard InChI is InChI=1S/C19H30N2O3/c1-14-12-16(10-11-20(14)2)21(3)19(22)9-7-15-6-8-17(23-4)18(13-15)24-5/h6,8,13-14,16H,7,9-12H2,1-5H3/t14-,16+/m1/s1. The van der Waals surface area contributed by atoms with E-state index in [4.69, 9.17) is 9.47 Å². The fourth-order valence-corrected chi connectivity index (χ4v) is 3.28. The molecule has 0 bridgehead atoms. The van der Waals surface area contributed by atoms with Crippen molar-refractivity contribution in [1.82, 2.24) is 9.80 Å². The Kier molecular flexibility index (Phi) is 6.49. The van der Waals surface area contributed by atoms with Crippen molar-refractivity contribution in [2.45, 2.75) is 44.7 Å². The lowest BCUT2D eigenvalue weighted by Crippen LogP contribution is -2.48. The lowest BCUT2D eigenvalue weighted by atomic mass is 9.97. The number of carbonyl (C=O) groups is 1. The maximum absolute atomic E-state index is 12.5. The van der Waals surface area contributed by atoms with E-state index in [0.717, 1.165) is 24.9 Å². The van der Waals surface area contributed by atoms with Gasteiger partial charge in [-0.05, 0) is 50.9 Å². The molecule has 134 valence electrons. The first-order valence-corrected chi connectivity index (χ1v) is 8.63. The summed E-state index contributed by atoms with van der Waals surface area (Å²) in [5, 5.41) is 0. The average Bonchev–Trinajstić information content (AvgIpc) is 2.60. The smallest absolute Gasteiger partial charge is 0.222 e. The minimum atomic E-state index is 0.214. The minimum absolute atomic E-state index is 0.214. The third-order valence-corrected chi connectivity index (χ3v) is 5.20. The van der Waals surface area contributed by atoms with E-state index in [9.17, 15) is 4.79 Å². The Morgan fingerprint density at radius 2 is 2.00 bits per heavy atom. The number of amides is 1. The summed E-state index contributed by atoms with van der Waals surface area (Å²) in [5.74, 6) is 1.64. The van der Waals surface area contributed by atoms with Crippen LogP contribution in [0.2, 0.25) is 0 Å². The Morgan fingerprint density at radius 3 is 2.62 bits per heavy atom. The zero-order valence-electron chi connectivity index (χ0n) is 15.5. The van der Waals surface area contributed by atoms with Crippen LogP contribution in [-0.2, 0) is 11.2 Å². The molecule has 0 aliphatic carbocycles. The Balaban J connectivity index is 1.90.